The number of carbonyl (C=O) groups excluding carboxylic acids is 1. The summed E-state index contributed by atoms with van der Waals surface area (Å²) in [5.41, 5.74) is 2.70. The summed E-state index contributed by atoms with van der Waals surface area (Å²) >= 11 is 1.55. The van der Waals surface area contributed by atoms with Crippen molar-refractivity contribution in [1.82, 2.24) is 9.29 Å². The van der Waals surface area contributed by atoms with Crippen molar-refractivity contribution in [3.63, 3.8) is 0 Å². The maximum atomic E-state index is 13.0. The fourth-order valence-corrected chi connectivity index (χ4v) is 5.83. The predicted molar refractivity (Wildman–Crippen MR) is 139 cm³/mol. The van der Waals surface area contributed by atoms with Crippen LogP contribution in [0.15, 0.2) is 103 Å². The van der Waals surface area contributed by atoms with Gasteiger partial charge in [-0.05, 0) is 48.5 Å². The summed E-state index contributed by atoms with van der Waals surface area (Å²) in [5, 5.41) is 3.74. The molecule has 8 heteroatoms. The average molecular weight is 490 g/mol. The summed E-state index contributed by atoms with van der Waals surface area (Å²) in [6.07, 6.45) is 3.04. The summed E-state index contributed by atoms with van der Waals surface area (Å²) in [5.74, 6) is -0.341. The maximum absolute atomic E-state index is 13.0. The molecule has 0 saturated carbocycles. The van der Waals surface area contributed by atoms with Crippen LogP contribution in [0.1, 0.15) is 10.4 Å². The summed E-state index contributed by atoms with van der Waals surface area (Å²) in [6.45, 7) is 7.55. The summed E-state index contributed by atoms with van der Waals surface area (Å²) in [7, 11) is -3.73. The van der Waals surface area contributed by atoms with Crippen LogP contribution in [-0.4, -0.2) is 36.7 Å². The first-order valence-electron chi connectivity index (χ1n) is 10.5. The number of carbonyl (C=O) groups is 1. The van der Waals surface area contributed by atoms with Crippen LogP contribution in [0, 0.1) is 0 Å². The van der Waals surface area contributed by atoms with E-state index in [1.165, 1.54) is 40.7 Å². The smallest absolute Gasteiger partial charge is 0.255 e. The second-order valence-corrected chi connectivity index (χ2v) is 10.4. The summed E-state index contributed by atoms with van der Waals surface area (Å²) in [4.78, 5) is 17.7. The van der Waals surface area contributed by atoms with Gasteiger partial charge in [0.25, 0.3) is 5.91 Å². The molecule has 6 nitrogen and oxygen atoms in total. The van der Waals surface area contributed by atoms with Gasteiger partial charge in [-0.15, -0.1) is 24.5 Å². The van der Waals surface area contributed by atoms with Gasteiger partial charge in [-0.25, -0.2) is 13.4 Å². The van der Waals surface area contributed by atoms with Gasteiger partial charge in [-0.2, -0.15) is 4.31 Å². The molecule has 0 aliphatic heterocycles. The van der Waals surface area contributed by atoms with Crippen molar-refractivity contribution in [2.75, 3.05) is 18.4 Å². The Balaban J connectivity index is 1.57. The number of nitrogens with zero attached hydrogens (tertiary/aromatic N) is 2. The molecule has 4 aromatic rings. The number of amides is 1. The lowest BCUT2D eigenvalue weighted by molar-refractivity contribution is 0.102. The van der Waals surface area contributed by atoms with E-state index < -0.39 is 10.0 Å². The number of hydrogen-bond acceptors (Lipinski definition) is 5. The number of anilines is 1. The molecular formula is C26H23N3O3S2. The van der Waals surface area contributed by atoms with E-state index in [2.05, 4.69) is 18.5 Å². The lowest BCUT2D eigenvalue weighted by Crippen LogP contribution is -2.31. The molecule has 34 heavy (non-hydrogen) atoms. The molecule has 1 aromatic heterocycles. The molecule has 0 bridgehead atoms. The van der Waals surface area contributed by atoms with E-state index in [9.17, 15) is 13.2 Å². The molecule has 4 rings (SSSR count). The van der Waals surface area contributed by atoms with Gasteiger partial charge >= 0.3 is 0 Å². The molecule has 0 aliphatic carbocycles. The highest BCUT2D eigenvalue weighted by Gasteiger charge is 2.23. The maximum Gasteiger partial charge on any atom is 0.255 e. The molecule has 0 saturated heterocycles. The molecule has 0 radical (unpaired) electrons. The fourth-order valence-electron chi connectivity index (χ4n) is 3.45. The second kappa shape index (κ2) is 10.1. The van der Waals surface area contributed by atoms with Crippen LogP contribution in [0.4, 0.5) is 5.69 Å². The van der Waals surface area contributed by atoms with Gasteiger partial charge in [-0.3, -0.25) is 4.79 Å². The molecule has 172 valence electrons. The van der Waals surface area contributed by atoms with Crippen molar-refractivity contribution < 1.29 is 13.2 Å². The molecule has 0 unspecified atom stereocenters. The van der Waals surface area contributed by atoms with Gasteiger partial charge in [0.1, 0.15) is 5.01 Å². The minimum absolute atomic E-state index is 0.0997. The Bertz CT molecular complexity index is 1420. The van der Waals surface area contributed by atoms with E-state index in [1.807, 2.05) is 48.5 Å². The van der Waals surface area contributed by atoms with Gasteiger partial charge in [0.15, 0.2) is 0 Å². The highest BCUT2D eigenvalue weighted by atomic mass is 32.2. The van der Waals surface area contributed by atoms with E-state index in [1.54, 1.807) is 11.3 Å². The third kappa shape index (κ3) is 4.84. The number of aromatic nitrogens is 1. The Morgan fingerprint density at radius 1 is 0.941 bits per heavy atom. The molecule has 3 aromatic carbocycles. The fraction of sp³-hybridized carbons (Fsp3) is 0.0769. The average Bonchev–Trinajstić information content (AvgIpc) is 3.28. The first kappa shape index (κ1) is 23.6. The van der Waals surface area contributed by atoms with Crippen LogP contribution in [0.25, 0.3) is 20.8 Å². The number of sulfonamides is 1. The van der Waals surface area contributed by atoms with Crippen LogP contribution in [-0.2, 0) is 10.0 Å². The van der Waals surface area contributed by atoms with Gasteiger partial charge in [-0.1, -0.05) is 36.4 Å². The van der Waals surface area contributed by atoms with Crippen LogP contribution in [0.3, 0.4) is 0 Å². The monoisotopic (exact) mass is 489 g/mol. The van der Waals surface area contributed by atoms with Gasteiger partial charge in [0.05, 0.1) is 20.8 Å². The molecule has 1 amide bonds. The number of hydrogen-bond donors (Lipinski definition) is 1. The Kier molecular flexibility index (Phi) is 7.02. The van der Waals surface area contributed by atoms with Crippen LogP contribution in [0.2, 0.25) is 0 Å². The predicted octanol–water partition coefficient (Wildman–Crippen LogP) is 5.58. The zero-order valence-electron chi connectivity index (χ0n) is 18.3. The first-order valence-corrected chi connectivity index (χ1v) is 12.8. The van der Waals surface area contributed by atoms with E-state index in [-0.39, 0.29) is 23.9 Å². The van der Waals surface area contributed by atoms with Crippen molar-refractivity contribution in [1.29, 1.82) is 0 Å². The highest BCUT2D eigenvalue weighted by molar-refractivity contribution is 7.89. The van der Waals surface area contributed by atoms with Crippen molar-refractivity contribution in [2.45, 2.75) is 4.90 Å². The van der Waals surface area contributed by atoms with Crippen molar-refractivity contribution in [3.05, 3.63) is 104 Å². The molecule has 0 fully saturated rings. The zero-order valence-corrected chi connectivity index (χ0v) is 20.0. The van der Waals surface area contributed by atoms with Crippen molar-refractivity contribution in [2.24, 2.45) is 0 Å². The zero-order chi connectivity index (χ0) is 24.1. The van der Waals surface area contributed by atoms with Crippen molar-refractivity contribution >= 4 is 43.2 Å². The largest absolute Gasteiger partial charge is 0.321 e. The summed E-state index contributed by atoms with van der Waals surface area (Å²) in [6, 6.07) is 21.2. The molecule has 1 heterocycles. The number of fused-ring (bicyclic) bond motifs is 1. The van der Waals surface area contributed by atoms with Gasteiger partial charge < -0.3 is 5.32 Å². The van der Waals surface area contributed by atoms with E-state index in [0.717, 1.165) is 20.8 Å². The first-order chi connectivity index (χ1) is 16.4. The number of benzene rings is 3. The normalized spacial score (nSPS) is 11.4. The minimum atomic E-state index is -3.73. The molecule has 0 atom stereocenters. The standard InChI is InChI=1S/C26H23N3O3S2/c1-3-17-29(18-4-2)34(31,32)20-15-13-19(14-16-20)25(30)27-22-10-6-5-9-21(22)26-28-23-11-7-8-12-24(23)33-26/h3-16H,1-2,17-18H2,(H,27,30). The highest BCUT2D eigenvalue weighted by Crippen LogP contribution is 2.34. The van der Waals surface area contributed by atoms with E-state index in [4.69, 9.17) is 4.98 Å². The van der Waals surface area contributed by atoms with Crippen molar-refractivity contribution in [3.8, 4) is 10.6 Å². The van der Waals surface area contributed by atoms with E-state index in [0.29, 0.717) is 11.3 Å². The Morgan fingerprint density at radius 2 is 1.59 bits per heavy atom. The Labute approximate surface area is 202 Å². The van der Waals surface area contributed by atoms with Gasteiger partial charge in [0, 0.05) is 24.2 Å². The topological polar surface area (TPSA) is 79.4 Å². The molecule has 1 N–H and O–H groups in total. The number of para-hydroxylation sites is 2. The third-order valence-electron chi connectivity index (χ3n) is 5.12. The van der Waals surface area contributed by atoms with Crippen LogP contribution in [0.5, 0.6) is 0 Å². The second-order valence-electron chi connectivity index (χ2n) is 7.41. The number of rotatable bonds is 9. The number of thiazole rings is 1. The SMILES string of the molecule is C=CCN(CC=C)S(=O)(=O)c1ccc(C(=O)Nc2ccccc2-c2nc3ccccc3s2)cc1. The summed E-state index contributed by atoms with van der Waals surface area (Å²) < 4.78 is 28.1. The number of nitrogens with one attached hydrogen (secondary N) is 1. The van der Waals surface area contributed by atoms with Gasteiger partial charge in [0.2, 0.25) is 10.0 Å². The van der Waals surface area contributed by atoms with Crippen LogP contribution >= 0.6 is 11.3 Å². The molecule has 0 aliphatic rings. The third-order valence-corrected chi connectivity index (χ3v) is 8.03. The molecular weight excluding hydrogens is 466 g/mol. The quantitative estimate of drug-likeness (QED) is 0.311. The van der Waals surface area contributed by atoms with E-state index >= 15 is 0 Å². The van der Waals surface area contributed by atoms with Crippen LogP contribution < -0.4 is 5.32 Å². The Hall–Kier alpha value is -3.59. The molecule has 0 spiro atoms. The lowest BCUT2D eigenvalue weighted by atomic mass is 10.1. The lowest BCUT2D eigenvalue weighted by Gasteiger charge is -2.19. The Morgan fingerprint density at radius 3 is 2.26 bits per heavy atom. The minimum Gasteiger partial charge on any atom is -0.321 e.